The number of hydrogen-bond donors (Lipinski definition) is 2. The van der Waals surface area contributed by atoms with Gasteiger partial charge in [-0.15, -0.1) is 0 Å². The van der Waals surface area contributed by atoms with Gasteiger partial charge in [-0.1, -0.05) is 34.1 Å². The summed E-state index contributed by atoms with van der Waals surface area (Å²) in [5.41, 5.74) is 5.66. The Balaban J connectivity index is 1.36. The second-order valence-electron chi connectivity index (χ2n) is 9.39. The van der Waals surface area contributed by atoms with E-state index in [1.165, 1.54) is 12.1 Å². The number of benzene rings is 3. The Hall–Kier alpha value is -3.95. The smallest absolute Gasteiger partial charge is 0.323 e. The standard InChI is InChI=1S/C29H24BrFN4O3/c1-17-27(36)35(13-12-18-2-11-25-26(14-18)33-29(37)32-25)28(38-17)24-16-34(22-9-5-20(30)6-10-22)15-23(24)19-3-7-21(31)8-4-19/h2-11,14-17,28H,12-13H2,1H3,(H2,32,33,37)/t17-,28+/m0/s1. The topological polar surface area (TPSA) is 83.1 Å². The summed E-state index contributed by atoms with van der Waals surface area (Å²) >= 11 is 3.48. The van der Waals surface area contributed by atoms with Crippen molar-refractivity contribution in [1.29, 1.82) is 0 Å². The SMILES string of the molecule is C[C@@H]1O[C@H](c2cn(-c3ccc(Br)cc3)cc2-c2ccc(F)cc2)N(CCc2ccc3[nH]c(=O)[nH]c3c2)C1=O. The predicted octanol–water partition coefficient (Wildman–Crippen LogP) is 5.70. The molecule has 3 aromatic carbocycles. The van der Waals surface area contributed by atoms with Crippen LogP contribution in [-0.4, -0.2) is 38.0 Å². The number of nitrogens with one attached hydrogen (secondary N) is 2. The van der Waals surface area contributed by atoms with Crippen LogP contribution >= 0.6 is 15.9 Å². The van der Waals surface area contributed by atoms with Crippen molar-refractivity contribution in [2.45, 2.75) is 25.7 Å². The van der Waals surface area contributed by atoms with E-state index < -0.39 is 12.3 Å². The minimum atomic E-state index is -0.606. The van der Waals surface area contributed by atoms with Crippen LogP contribution in [0.2, 0.25) is 0 Å². The third-order valence-corrected chi connectivity index (χ3v) is 7.40. The minimum Gasteiger partial charge on any atom is -0.341 e. The zero-order valence-electron chi connectivity index (χ0n) is 20.4. The number of imidazole rings is 1. The van der Waals surface area contributed by atoms with Crippen LogP contribution in [0, 0.1) is 5.82 Å². The molecule has 2 N–H and O–H groups in total. The van der Waals surface area contributed by atoms with Crippen LogP contribution in [-0.2, 0) is 16.0 Å². The molecule has 9 heteroatoms. The molecule has 0 bridgehead atoms. The van der Waals surface area contributed by atoms with Gasteiger partial charge in [0.1, 0.15) is 11.9 Å². The summed E-state index contributed by atoms with van der Waals surface area (Å²) in [5.74, 6) is -0.404. The lowest BCUT2D eigenvalue weighted by atomic mass is 10.0. The largest absolute Gasteiger partial charge is 0.341 e. The van der Waals surface area contributed by atoms with Crippen LogP contribution in [0.4, 0.5) is 4.39 Å². The Kier molecular flexibility index (Phi) is 6.25. The number of aromatic nitrogens is 3. The Morgan fingerprint density at radius 1 is 0.947 bits per heavy atom. The zero-order valence-corrected chi connectivity index (χ0v) is 22.0. The number of rotatable bonds is 6. The fourth-order valence-corrected chi connectivity index (χ4v) is 5.19. The van der Waals surface area contributed by atoms with Crippen LogP contribution < -0.4 is 5.69 Å². The summed E-state index contributed by atoms with van der Waals surface area (Å²) in [6.45, 7) is 2.19. The lowest BCUT2D eigenvalue weighted by Crippen LogP contribution is -2.32. The van der Waals surface area contributed by atoms with E-state index in [-0.39, 0.29) is 17.4 Å². The van der Waals surface area contributed by atoms with Crippen molar-refractivity contribution in [3.05, 3.63) is 111 Å². The lowest BCUT2D eigenvalue weighted by molar-refractivity contribution is -0.130. The molecule has 1 amide bonds. The van der Waals surface area contributed by atoms with Crippen molar-refractivity contribution in [3.63, 3.8) is 0 Å². The highest BCUT2D eigenvalue weighted by Crippen LogP contribution is 2.39. The number of amides is 1. The van der Waals surface area contributed by atoms with Crippen molar-refractivity contribution in [2.24, 2.45) is 0 Å². The molecule has 0 radical (unpaired) electrons. The van der Waals surface area contributed by atoms with E-state index in [2.05, 4.69) is 25.9 Å². The summed E-state index contributed by atoms with van der Waals surface area (Å²) in [5, 5.41) is 0. The van der Waals surface area contributed by atoms with Gasteiger partial charge >= 0.3 is 5.69 Å². The second kappa shape index (κ2) is 9.74. The summed E-state index contributed by atoms with van der Waals surface area (Å²) in [6.07, 6.45) is 3.34. The van der Waals surface area contributed by atoms with Gasteiger partial charge in [0.15, 0.2) is 6.23 Å². The van der Waals surface area contributed by atoms with Gasteiger partial charge in [0, 0.05) is 40.2 Å². The molecule has 0 spiro atoms. The molecule has 192 valence electrons. The van der Waals surface area contributed by atoms with E-state index in [1.807, 2.05) is 59.4 Å². The number of carbonyl (C=O) groups is 1. The van der Waals surface area contributed by atoms with Crippen molar-refractivity contribution in [1.82, 2.24) is 19.4 Å². The maximum absolute atomic E-state index is 13.7. The van der Waals surface area contributed by atoms with Crippen LogP contribution in [0.15, 0.2) is 88.4 Å². The summed E-state index contributed by atoms with van der Waals surface area (Å²) in [6, 6.07) is 20.0. The van der Waals surface area contributed by atoms with Gasteiger partial charge in [-0.3, -0.25) is 4.79 Å². The predicted molar refractivity (Wildman–Crippen MR) is 146 cm³/mol. The summed E-state index contributed by atoms with van der Waals surface area (Å²) in [4.78, 5) is 32.1. The number of fused-ring (bicyclic) bond motifs is 1. The lowest BCUT2D eigenvalue weighted by Gasteiger charge is -2.24. The molecule has 0 aliphatic carbocycles. The van der Waals surface area contributed by atoms with E-state index >= 15 is 0 Å². The van der Waals surface area contributed by atoms with Crippen LogP contribution in [0.3, 0.4) is 0 Å². The molecule has 1 aliphatic heterocycles. The average Bonchev–Trinajstić information content (AvgIpc) is 3.58. The quantitative estimate of drug-likeness (QED) is 0.273. The summed E-state index contributed by atoms with van der Waals surface area (Å²) in [7, 11) is 0. The molecule has 2 aromatic heterocycles. The van der Waals surface area contributed by atoms with Crippen molar-refractivity contribution in [2.75, 3.05) is 6.54 Å². The maximum Gasteiger partial charge on any atom is 0.323 e. The van der Waals surface area contributed by atoms with Crippen molar-refractivity contribution < 1.29 is 13.9 Å². The molecule has 2 atom stereocenters. The van der Waals surface area contributed by atoms with Crippen LogP contribution in [0.25, 0.3) is 27.8 Å². The molecular weight excluding hydrogens is 551 g/mol. The van der Waals surface area contributed by atoms with Crippen LogP contribution in [0.5, 0.6) is 0 Å². The number of aromatic amines is 2. The Bertz CT molecular complexity index is 1690. The monoisotopic (exact) mass is 574 g/mol. The number of hydrogen-bond acceptors (Lipinski definition) is 3. The number of H-pyrrole nitrogens is 2. The molecule has 7 nitrogen and oxygen atoms in total. The number of carbonyl (C=O) groups excluding carboxylic acids is 1. The third kappa shape index (κ3) is 4.59. The van der Waals surface area contributed by atoms with Gasteiger partial charge in [0.05, 0.1) is 11.0 Å². The molecule has 5 aromatic rings. The first-order valence-corrected chi connectivity index (χ1v) is 13.1. The molecule has 1 fully saturated rings. The number of nitrogens with zero attached hydrogens (tertiary/aromatic N) is 2. The molecule has 0 saturated carbocycles. The normalized spacial score (nSPS) is 17.6. The van der Waals surface area contributed by atoms with E-state index in [4.69, 9.17) is 4.74 Å². The van der Waals surface area contributed by atoms with E-state index in [1.54, 1.807) is 24.0 Å². The third-order valence-electron chi connectivity index (χ3n) is 6.87. The Morgan fingerprint density at radius 3 is 2.45 bits per heavy atom. The second-order valence-corrected chi connectivity index (χ2v) is 10.3. The highest BCUT2D eigenvalue weighted by molar-refractivity contribution is 9.10. The van der Waals surface area contributed by atoms with Crippen molar-refractivity contribution >= 4 is 32.9 Å². The van der Waals surface area contributed by atoms with Gasteiger partial charge in [-0.25, -0.2) is 9.18 Å². The molecule has 1 aliphatic rings. The first-order valence-electron chi connectivity index (χ1n) is 12.3. The molecule has 38 heavy (non-hydrogen) atoms. The first kappa shape index (κ1) is 24.4. The first-order chi connectivity index (χ1) is 18.4. The fourth-order valence-electron chi connectivity index (χ4n) is 4.93. The molecule has 6 rings (SSSR count). The van der Waals surface area contributed by atoms with Gasteiger partial charge in [-0.2, -0.15) is 0 Å². The number of halogens is 2. The van der Waals surface area contributed by atoms with Crippen LogP contribution in [0.1, 0.15) is 24.3 Å². The molecule has 3 heterocycles. The van der Waals surface area contributed by atoms with Gasteiger partial charge in [0.25, 0.3) is 5.91 Å². The molecule has 1 saturated heterocycles. The minimum absolute atomic E-state index is 0.0902. The van der Waals surface area contributed by atoms with Gasteiger partial charge < -0.3 is 24.2 Å². The van der Waals surface area contributed by atoms with Gasteiger partial charge in [-0.05, 0) is 73.0 Å². The highest BCUT2D eigenvalue weighted by atomic mass is 79.9. The summed E-state index contributed by atoms with van der Waals surface area (Å²) < 4.78 is 22.9. The molecular formula is C29H24BrFN4O3. The highest BCUT2D eigenvalue weighted by Gasteiger charge is 2.40. The van der Waals surface area contributed by atoms with E-state index in [0.29, 0.717) is 13.0 Å². The Labute approximate surface area is 226 Å². The Morgan fingerprint density at radius 2 is 1.68 bits per heavy atom. The molecule has 0 unspecified atom stereocenters. The van der Waals surface area contributed by atoms with Gasteiger partial charge in [0.2, 0.25) is 0 Å². The average molecular weight is 575 g/mol. The maximum atomic E-state index is 13.7. The van der Waals surface area contributed by atoms with E-state index in [9.17, 15) is 14.0 Å². The zero-order chi connectivity index (χ0) is 26.4. The van der Waals surface area contributed by atoms with E-state index in [0.717, 1.165) is 43.4 Å². The van der Waals surface area contributed by atoms with Crippen molar-refractivity contribution in [3.8, 4) is 16.8 Å². The fraction of sp³-hybridized carbons (Fsp3) is 0.172. The number of ether oxygens (including phenoxy) is 1.